The minimum absolute atomic E-state index is 0.203. The van der Waals surface area contributed by atoms with Crippen molar-refractivity contribution in [2.45, 2.75) is 58.6 Å². The fourth-order valence-electron chi connectivity index (χ4n) is 2.63. The molecule has 124 valence electrons. The first-order chi connectivity index (χ1) is 10.3. The van der Waals surface area contributed by atoms with Crippen molar-refractivity contribution in [2.24, 2.45) is 0 Å². The SMILES string of the molecule is Cc1[nH]ncc1CCCNC1CCN(C(=O)OC(C)(C)C)C1. The molecule has 1 aliphatic rings. The van der Waals surface area contributed by atoms with Crippen LogP contribution >= 0.6 is 0 Å². The van der Waals surface area contributed by atoms with Crippen molar-refractivity contribution < 1.29 is 9.53 Å². The number of hydrogen-bond donors (Lipinski definition) is 2. The predicted octanol–water partition coefficient (Wildman–Crippen LogP) is 2.25. The molecule has 1 saturated heterocycles. The Morgan fingerprint density at radius 3 is 2.95 bits per heavy atom. The standard InChI is InChI=1S/C16H28N4O2/c1-12-13(10-18-19-12)6-5-8-17-14-7-9-20(11-14)15(21)22-16(2,3)4/h10,14,17H,5-9,11H2,1-4H3,(H,18,19). The van der Waals surface area contributed by atoms with E-state index >= 15 is 0 Å². The van der Waals surface area contributed by atoms with E-state index in [1.165, 1.54) is 5.56 Å². The molecule has 2 heterocycles. The third-order valence-corrected chi connectivity index (χ3v) is 3.83. The lowest BCUT2D eigenvalue weighted by Crippen LogP contribution is -2.38. The largest absolute Gasteiger partial charge is 0.444 e. The number of aryl methyl sites for hydroxylation is 2. The molecule has 1 atom stereocenters. The molecule has 6 nitrogen and oxygen atoms in total. The van der Waals surface area contributed by atoms with Crippen LogP contribution in [0.3, 0.4) is 0 Å². The maximum absolute atomic E-state index is 12.0. The van der Waals surface area contributed by atoms with Gasteiger partial charge in [-0.2, -0.15) is 5.10 Å². The third-order valence-electron chi connectivity index (χ3n) is 3.83. The summed E-state index contributed by atoms with van der Waals surface area (Å²) < 4.78 is 5.41. The lowest BCUT2D eigenvalue weighted by molar-refractivity contribution is 0.0291. The van der Waals surface area contributed by atoms with Crippen LogP contribution in [0.4, 0.5) is 4.79 Å². The van der Waals surface area contributed by atoms with Gasteiger partial charge in [-0.25, -0.2) is 4.79 Å². The summed E-state index contributed by atoms with van der Waals surface area (Å²) in [5.74, 6) is 0. The topological polar surface area (TPSA) is 70.2 Å². The Kier molecular flexibility index (Phi) is 5.45. The van der Waals surface area contributed by atoms with E-state index in [0.717, 1.165) is 44.6 Å². The maximum atomic E-state index is 12.0. The molecule has 0 aromatic carbocycles. The molecule has 1 fully saturated rings. The number of aromatic nitrogens is 2. The van der Waals surface area contributed by atoms with Gasteiger partial charge in [-0.1, -0.05) is 0 Å². The van der Waals surface area contributed by atoms with Crippen molar-refractivity contribution in [1.29, 1.82) is 0 Å². The molecule has 1 unspecified atom stereocenters. The Labute approximate surface area is 132 Å². The molecule has 1 amide bonds. The highest BCUT2D eigenvalue weighted by molar-refractivity contribution is 5.68. The van der Waals surface area contributed by atoms with E-state index in [2.05, 4.69) is 15.5 Å². The van der Waals surface area contributed by atoms with Crippen LogP contribution in [-0.2, 0) is 11.2 Å². The van der Waals surface area contributed by atoms with Crippen molar-refractivity contribution in [3.05, 3.63) is 17.5 Å². The summed E-state index contributed by atoms with van der Waals surface area (Å²) >= 11 is 0. The molecule has 6 heteroatoms. The molecule has 1 aliphatic heterocycles. The van der Waals surface area contributed by atoms with Gasteiger partial charge in [0.1, 0.15) is 5.60 Å². The summed E-state index contributed by atoms with van der Waals surface area (Å²) in [5, 5.41) is 10.5. The van der Waals surface area contributed by atoms with Gasteiger partial charge in [0, 0.05) is 24.8 Å². The van der Waals surface area contributed by atoms with Crippen LogP contribution in [0.1, 0.15) is 44.9 Å². The molecule has 0 aliphatic carbocycles. The van der Waals surface area contributed by atoms with Gasteiger partial charge in [-0.15, -0.1) is 0 Å². The first-order valence-electron chi connectivity index (χ1n) is 8.05. The second-order valence-electron chi connectivity index (χ2n) is 6.99. The van der Waals surface area contributed by atoms with E-state index in [-0.39, 0.29) is 6.09 Å². The van der Waals surface area contributed by atoms with Crippen molar-refractivity contribution in [2.75, 3.05) is 19.6 Å². The maximum Gasteiger partial charge on any atom is 0.410 e. The van der Waals surface area contributed by atoms with Gasteiger partial charge < -0.3 is 15.0 Å². The van der Waals surface area contributed by atoms with Crippen LogP contribution in [-0.4, -0.2) is 52.5 Å². The zero-order valence-electron chi connectivity index (χ0n) is 14.1. The molecule has 2 N–H and O–H groups in total. The first kappa shape index (κ1) is 16.8. The molecule has 1 aromatic rings. The van der Waals surface area contributed by atoms with E-state index < -0.39 is 5.60 Å². The number of carbonyl (C=O) groups excluding carboxylic acids is 1. The van der Waals surface area contributed by atoms with Crippen molar-refractivity contribution in [1.82, 2.24) is 20.4 Å². The van der Waals surface area contributed by atoms with Crippen molar-refractivity contribution in [3.63, 3.8) is 0 Å². The molecular weight excluding hydrogens is 280 g/mol. The van der Waals surface area contributed by atoms with Gasteiger partial charge >= 0.3 is 6.09 Å². The third kappa shape index (κ3) is 5.02. The monoisotopic (exact) mass is 308 g/mol. The highest BCUT2D eigenvalue weighted by Crippen LogP contribution is 2.15. The van der Waals surface area contributed by atoms with Crippen LogP contribution in [0, 0.1) is 6.92 Å². The minimum atomic E-state index is -0.426. The van der Waals surface area contributed by atoms with Crippen molar-refractivity contribution >= 4 is 6.09 Å². The second-order valence-corrected chi connectivity index (χ2v) is 6.99. The van der Waals surface area contributed by atoms with Crippen LogP contribution in [0.2, 0.25) is 0 Å². The van der Waals surface area contributed by atoms with Gasteiger partial charge in [0.25, 0.3) is 0 Å². The molecular formula is C16H28N4O2. The summed E-state index contributed by atoms with van der Waals surface area (Å²) in [5.41, 5.74) is 2.01. The number of likely N-dealkylation sites (tertiary alicyclic amines) is 1. The van der Waals surface area contributed by atoms with Gasteiger partial charge in [0.15, 0.2) is 0 Å². The normalized spacial score (nSPS) is 18.7. The number of carbonyl (C=O) groups is 1. The lowest BCUT2D eigenvalue weighted by Gasteiger charge is -2.24. The fourth-order valence-corrected chi connectivity index (χ4v) is 2.63. The summed E-state index contributed by atoms with van der Waals surface area (Å²) in [7, 11) is 0. The Balaban J connectivity index is 1.64. The molecule has 22 heavy (non-hydrogen) atoms. The van der Waals surface area contributed by atoms with Crippen LogP contribution in [0.5, 0.6) is 0 Å². The Morgan fingerprint density at radius 2 is 2.32 bits per heavy atom. The zero-order chi connectivity index (χ0) is 16.2. The summed E-state index contributed by atoms with van der Waals surface area (Å²) in [4.78, 5) is 13.8. The van der Waals surface area contributed by atoms with Crippen LogP contribution in [0.15, 0.2) is 6.20 Å². The number of amides is 1. The zero-order valence-corrected chi connectivity index (χ0v) is 14.1. The van der Waals surface area contributed by atoms with Gasteiger partial charge in [0.05, 0.1) is 6.20 Å². The number of nitrogens with zero attached hydrogens (tertiary/aromatic N) is 2. The van der Waals surface area contributed by atoms with Gasteiger partial charge in [-0.05, 0) is 59.1 Å². The van der Waals surface area contributed by atoms with E-state index in [1.54, 1.807) is 4.90 Å². The molecule has 1 aromatic heterocycles. The number of hydrogen-bond acceptors (Lipinski definition) is 4. The summed E-state index contributed by atoms with van der Waals surface area (Å²) in [6, 6.07) is 0.373. The molecule has 0 spiro atoms. The quantitative estimate of drug-likeness (QED) is 0.819. The lowest BCUT2D eigenvalue weighted by atomic mass is 10.1. The number of H-pyrrole nitrogens is 1. The van der Waals surface area contributed by atoms with Crippen LogP contribution in [0.25, 0.3) is 0 Å². The molecule has 0 saturated carbocycles. The Morgan fingerprint density at radius 1 is 1.55 bits per heavy atom. The smallest absolute Gasteiger partial charge is 0.410 e. The molecule has 0 bridgehead atoms. The van der Waals surface area contributed by atoms with Crippen molar-refractivity contribution in [3.8, 4) is 0 Å². The minimum Gasteiger partial charge on any atom is -0.444 e. The highest BCUT2D eigenvalue weighted by atomic mass is 16.6. The Bertz CT molecular complexity index is 493. The fraction of sp³-hybridized carbons (Fsp3) is 0.750. The molecule has 0 radical (unpaired) electrons. The average molecular weight is 308 g/mol. The van der Waals surface area contributed by atoms with E-state index in [9.17, 15) is 4.79 Å². The van der Waals surface area contributed by atoms with Gasteiger partial charge in [-0.3, -0.25) is 5.10 Å². The predicted molar refractivity (Wildman–Crippen MR) is 85.9 cm³/mol. The number of nitrogens with one attached hydrogen (secondary N) is 2. The number of rotatable bonds is 5. The Hall–Kier alpha value is -1.56. The second kappa shape index (κ2) is 7.13. The van der Waals surface area contributed by atoms with E-state index in [1.807, 2.05) is 33.9 Å². The van der Waals surface area contributed by atoms with E-state index in [4.69, 9.17) is 4.74 Å². The summed E-state index contributed by atoms with van der Waals surface area (Å²) in [6.07, 6.45) is 4.78. The first-order valence-corrected chi connectivity index (χ1v) is 8.05. The summed E-state index contributed by atoms with van der Waals surface area (Å²) in [6.45, 7) is 10.2. The molecule has 2 rings (SSSR count). The number of aromatic amines is 1. The van der Waals surface area contributed by atoms with E-state index in [0.29, 0.717) is 6.04 Å². The van der Waals surface area contributed by atoms with Crippen LogP contribution < -0.4 is 5.32 Å². The number of ether oxygens (including phenoxy) is 1. The highest BCUT2D eigenvalue weighted by Gasteiger charge is 2.29. The average Bonchev–Trinajstić information content (AvgIpc) is 3.02. The van der Waals surface area contributed by atoms with Gasteiger partial charge in [0.2, 0.25) is 0 Å².